The number of carbonyl (C=O) groups excluding carboxylic acids is 2. The number of phosphoric acid groups is 3. The Morgan fingerprint density at radius 2 is 1.77 bits per heavy atom. The van der Waals surface area contributed by atoms with Crippen molar-refractivity contribution in [1.29, 1.82) is 0 Å². The van der Waals surface area contributed by atoms with Crippen LogP contribution >= 0.6 is 35.2 Å². The first-order valence-corrected chi connectivity index (χ1v) is 22.1. The lowest BCUT2D eigenvalue weighted by atomic mass is 10.0. The first-order chi connectivity index (χ1) is 24.6. The molecule has 0 bridgehead atoms. The number of aliphatic hydroxyl groups excluding tert-OH is 1. The van der Waals surface area contributed by atoms with Crippen LogP contribution in [0.1, 0.15) is 64.0 Å². The molecule has 3 aliphatic heterocycles. The highest BCUT2D eigenvalue weighted by atomic mass is 32.2. The number of urea groups is 1. The van der Waals surface area contributed by atoms with Crippen molar-refractivity contribution in [2.45, 2.75) is 93.6 Å². The number of phosphoric ester groups is 1. The van der Waals surface area contributed by atoms with E-state index in [9.17, 15) is 38.2 Å². The lowest BCUT2D eigenvalue weighted by Gasteiger charge is -2.19. The third kappa shape index (κ3) is 11.9. The number of amides is 3. The number of ether oxygens (including phenoxy) is 1. The highest BCUT2D eigenvalue weighted by molar-refractivity contribution is 8.00. The number of unbranched alkanes of at least 4 members (excludes halogenated alkanes) is 4. The molecule has 0 aromatic carbocycles. The Morgan fingerprint density at radius 1 is 1.00 bits per heavy atom. The normalized spacial score (nSPS) is 26.8. The Balaban J connectivity index is 0.960. The van der Waals surface area contributed by atoms with Crippen molar-refractivity contribution in [3.63, 3.8) is 0 Å². The maximum Gasteiger partial charge on any atom is 0.490 e. The fourth-order valence-corrected chi connectivity index (χ4v) is 10.7. The number of thioether (sulfide) groups is 1. The quantitative estimate of drug-likeness (QED) is 0.0491. The maximum atomic E-state index is 12.2. The Bertz CT molecular complexity index is 1700. The molecule has 3 amide bonds. The van der Waals surface area contributed by atoms with Crippen molar-refractivity contribution in [3.05, 3.63) is 12.7 Å². The molecule has 3 fully saturated rings. The summed E-state index contributed by atoms with van der Waals surface area (Å²) >= 11 is 1.88. The molecule has 0 radical (unpaired) electrons. The second-order valence-corrected chi connectivity index (χ2v) is 18.1. The predicted molar refractivity (Wildman–Crippen MR) is 184 cm³/mol. The number of fused-ring (bicyclic) bond motifs is 2. The average Bonchev–Trinajstić information content (AvgIpc) is 3.81. The molecule has 2 aromatic rings. The van der Waals surface area contributed by atoms with Gasteiger partial charge in [-0.1, -0.05) is 19.3 Å². The van der Waals surface area contributed by atoms with Gasteiger partial charge in [0.2, 0.25) is 5.91 Å². The van der Waals surface area contributed by atoms with E-state index in [2.05, 4.69) is 49.4 Å². The summed E-state index contributed by atoms with van der Waals surface area (Å²) in [4.78, 5) is 72.9. The lowest BCUT2D eigenvalue weighted by Crippen LogP contribution is -2.36. The summed E-state index contributed by atoms with van der Waals surface area (Å²) in [5.74, 6) is 1.44. The second kappa shape index (κ2) is 17.9. The van der Waals surface area contributed by atoms with Crippen molar-refractivity contribution >= 4 is 64.2 Å². The van der Waals surface area contributed by atoms with Gasteiger partial charge in [0, 0.05) is 36.9 Å². The highest BCUT2D eigenvalue weighted by Gasteiger charge is 2.44. The standard InChI is InChI=1S/C26H43N8O14P3S/c35-18-11-16(12-45-50(41,42)48-51(43,44)47-49(38,39)40)46-25(18)34-15-31-22-23(29-14-30-24(22)34)28-10-6-2-1-5-9-27-20(36)8-4-3-7-19-21-17(13-52-19)32-26(37)33-21/h14-19,21,25,35H,1-13H2,(H,27,36)(H,41,42)(H,43,44)(H,28,29,30)(H2,32,33,37)(H2,38,39,40)/t16-,17-,18+,19-,21-,25+/m0/s1. The number of anilines is 1. The van der Waals surface area contributed by atoms with Crippen LogP contribution in [0.4, 0.5) is 10.6 Å². The average molecular weight is 817 g/mol. The third-order valence-electron chi connectivity index (χ3n) is 8.44. The zero-order chi connectivity index (χ0) is 37.5. The van der Waals surface area contributed by atoms with Gasteiger partial charge in [0.15, 0.2) is 23.2 Å². The van der Waals surface area contributed by atoms with Gasteiger partial charge in [-0.25, -0.2) is 33.4 Å². The summed E-state index contributed by atoms with van der Waals surface area (Å²) < 4.78 is 53.6. The van der Waals surface area contributed by atoms with Crippen molar-refractivity contribution in [2.75, 3.05) is 30.8 Å². The van der Waals surface area contributed by atoms with Gasteiger partial charge in [-0.3, -0.25) is 13.9 Å². The molecule has 3 saturated heterocycles. The zero-order valence-electron chi connectivity index (χ0n) is 27.8. The van der Waals surface area contributed by atoms with Gasteiger partial charge in [0.05, 0.1) is 31.1 Å². The molecule has 2 unspecified atom stereocenters. The van der Waals surface area contributed by atoms with Gasteiger partial charge in [0.25, 0.3) is 0 Å². The fraction of sp³-hybridized carbons (Fsp3) is 0.731. The fourth-order valence-electron chi connectivity index (χ4n) is 6.14. The summed E-state index contributed by atoms with van der Waals surface area (Å²) in [5.41, 5.74) is 0.739. The number of aliphatic hydroxyl groups is 1. The van der Waals surface area contributed by atoms with Crippen molar-refractivity contribution in [2.24, 2.45) is 0 Å². The Labute approximate surface area is 302 Å². The van der Waals surface area contributed by atoms with Gasteiger partial charge in [-0.2, -0.15) is 20.4 Å². The number of nitrogens with one attached hydrogen (secondary N) is 4. The summed E-state index contributed by atoms with van der Waals surface area (Å²) in [7, 11) is -16.6. The summed E-state index contributed by atoms with van der Waals surface area (Å²) in [5, 5.41) is 23.2. The molecule has 0 saturated carbocycles. The number of carbonyl (C=O) groups is 2. The predicted octanol–water partition coefficient (Wildman–Crippen LogP) is 1.63. The van der Waals surface area contributed by atoms with Crippen LogP contribution in [0.15, 0.2) is 12.7 Å². The minimum Gasteiger partial charge on any atom is -0.388 e. The molecule has 3 aliphatic rings. The second-order valence-electron chi connectivity index (χ2n) is 12.4. The van der Waals surface area contributed by atoms with E-state index in [1.807, 2.05) is 11.8 Å². The topological polar surface area (TPSA) is 315 Å². The van der Waals surface area contributed by atoms with E-state index in [1.165, 1.54) is 17.2 Å². The number of nitrogens with zero attached hydrogens (tertiary/aromatic N) is 4. The number of rotatable bonds is 21. The monoisotopic (exact) mass is 816 g/mol. The molecular weight excluding hydrogens is 773 g/mol. The van der Waals surface area contributed by atoms with Gasteiger partial charge >= 0.3 is 29.5 Å². The van der Waals surface area contributed by atoms with Crippen LogP contribution in [0.2, 0.25) is 0 Å². The molecule has 2 aromatic heterocycles. The van der Waals surface area contributed by atoms with Gasteiger partial charge < -0.3 is 50.7 Å². The van der Waals surface area contributed by atoms with Gasteiger partial charge in [-0.15, -0.1) is 0 Å². The van der Waals surface area contributed by atoms with Crippen LogP contribution < -0.4 is 21.3 Å². The van der Waals surface area contributed by atoms with Gasteiger partial charge in [0.1, 0.15) is 12.4 Å². The minimum absolute atomic E-state index is 0.0517. The molecular formula is C26H43N8O14P3S. The summed E-state index contributed by atoms with van der Waals surface area (Å²) in [6.07, 6.45) is 6.18. The van der Waals surface area contributed by atoms with E-state index in [-0.39, 0.29) is 30.4 Å². The Morgan fingerprint density at radius 3 is 2.54 bits per heavy atom. The van der Waals surface area contributed by atoms with Crippen LogP contribution in [0.5, 0.6) is 0 Å². The summed E-state index contributed by atoms with van der Waals surface area (Å²) in [6.45, 7) is 0.502. The molecule has 5 heterocycles. The largest absolute Gasteiger partial charge is 0.490 e. The van der Waals surface area contributed by atoms with Crippen molar-refractivity contribution in [3.8, 4) is 0 Å². The van der Waals surface area contributed by atoms with Crippen molar-refractivity contribution < 1.29 is 65.8 Å². The molecule has 292 valence electrons. The molecule has 22 nitrogen and oxygen atoms in total. The van der Waals surface area contributed by atoms with Crippen LogP contribution in [0, 0.1) is 0 Å². The first kappa shape index (κ1) is 40.9. The molecule has 26 heteroatoms. The molecule has 0 spiro atoms. The third-order valence-corrected chi connectivity index (χ3v) is 13.7. The number of aromatic nitrogens is 4. The summed E-state index contributed by atoms with van der Waals surface area (Å²) in [6, 6.07) is 0.312. The first-order valence-electron chi connectivity index (χ1n) is 16.6. The maximum absolute atomic E-state index is 12.2. The van der Waals surface area contributed by atoms with Crippen LogP contribution in [0.25, 0.3) is 11.2 Å². The number of imidazole rings is 1. The van der Waals surface area contributed by atoms with E-state index >= 15 is 0 Å². The Kier molecular flexibility index (Phi) is 14.1. The zero-order valence-corrected chi connectivity index (χ0v) is 31.3. The number of hydrogen-bond acceptors (Lipinski definition) is 15. The minimum atomic E-state index is -5.67. The SMILES string of the molecule is O=C(CCCC[C@@H]1SC[C@@H]2NC(=O)N[C@@H]21)NCCCCCCNc1ncnc2c1ncn2[C@@H]1O[C@H](COP(=O)(O)OP(=O)(O)OP(=O)(O)O)C[C@H]1O. The van der Waals surface area contributed by atoms with E-state index in [0.29, 0.717) is 41.7 Å². The van der Waals surface area contributed by atoms with E-state index in [0.717, 1.165) is 50.7 Å². The van der Waals surface area contributed by atoms with E-state index in [1.54, 1.807) is 0 Å². The smallest absolute Gasteiger partial charge is 0.388 e. The van der Waals surface area contributed by atoms with Crippen LogP contribution in [-0.2, 0) is 36.4 Å². The van der Waals surface area contributed by atoms with Crippen LogP contribution in [-0.4, -0.2) is 111 Å². The highest BCUT2D eigenvalue weighted by Crippen LogP contribution is 2.66. The molecule has 8 atom stereocenters. The van der Waals surface area contributed by atoms with Crippen LogP contribution in [0.3, 0.4) is 0 Å². The molecule has 5 rings (SSSR count). The molecule has 52 heavy (non-hydrogen) atoms. The molecule has 9 N–H and O–H groups in total. The Hall–Kier alpha value is -2.23. The number of hydrogen-bond donors (Lipinski definition) is 9. The lowest BCUT2D eigenvalue weighted by molar-refractivity contribution is -0.121. The van der Waals surface area contributed by atoms with Gasteiger partial charge in [-0.05, 0) is 25.7 Å². The van der Waals surface area contributed by atoms with Crippen molar-refractivity contribution in [1.82, 2.24) is 35.5 Å². The molecule has 0 aliphatic carbocycles. The van der Waals surface area contributed by atoms with E-state index in [4.69, 9.17) is 14.5 Å². The van der Waals surface area contributed by atoms with E-state index < -0.39 is 48.5 Å².